The van der Waals surface area contributed by atoms with Crippen molar-refractivity contribution < 1.29 is 9.18 Å². The van der Waals surface area contributed by atoms with Crippen LogP contribution in [0.1, 0.15) is 19.4 Å². The number of rotatable bonds is 5. The molecule has 0 spiro atoms. The first-order chi connectivity index (χ1) is 19.5. The van der Waals surface area contributed by atoms with Crippen LogP contribution >= 0.6 is 11.6 Å². The summed E-state index contributed by atoms with van der Waals surface area (Å²) in [5.74, 6) is 0.510. The Hall–Kier alpha value is -3.76. The van der Waals surface area contributed by atoms with E-state index in [1.807, 2.05) is 26.0 Å². The van der Waals surface area contributed by atoms with Crippen LogP contribution in [0.5, 0.6) is 0 Å². The molecule has 1 N–H and O–H groups in total. The Labute approximate surface area is 243 Å². The molecule has 0 radical (unpaired) electrons. The van der Waals surface area contributed by atoms with Gasteiger partial charge in [-0.15, -0.1) is 0 Å². The first kappa shape index (κ1) is 27.4. The fourth-order valence-corrected chi connectivity index (χ4v) is 6.30. The molecular formula is C30H34ClFN8O. The first-order valence-electron chi connectivity index (χ1n) is 13.8. The van der Waals surface area contributed by atoms with E-state index in [9.17, 15) is 4.79 Å². The number of fused-ring (bicyclic) bond motifs is 2. The normalized spacial score (nSPS) is 18.8. The second-order valence-corrected chi connectivity index (χ2v) is 12.1. The number of nitrogens with zero attached hydrogens (tertiary/aromatic N) is 7. The fourth-order valence-electron chi connectivity index (χ4n) is 6.02. The SMILES string of the molecule is C=CC(=O)N1CCN(c2nc(N3CC(C)(N(C)C)C3)nc3c(F)c(-c4c(C)ccc5[nH]ncc45)c(Cl)cc23)[C@@H](C)C1. The van der Waals surface area contributed by atoms with Crippen molar-refractivity contribution in [2.45, 2.75) is 32.4 Å². The average molecular weight is 577 g/mol. The summed E-state index contributed by atoms with van der Waals surface area (Å²) in [7, 11) is 4.12. The van der Waals surface area contributed by atoms with Crippen LogP contribution in [0.25, 0.3) is 32.9 Å². The van der Waals surface area contributed by atoms with E-state index in [0.717, 1.165) is 29.6 Å². The molecule has 1 atom stereocenters. The number of aromatic amines is 1. The van der Waals surface area contributed by atoms with Crippen LogP contribution < -0.4 is 9.80 Å². The minimum Gasteiger partial charge on any atom is -0.350 e. The van der Waals surface area contributed by atoms with E-state index in [-0.39, 0.29) is 28.0 Å². The predicted molar refractivity (Wildman–Crippen MR) is 162 cm³/mol. The van der Waals surface area contributed by atoms with E-state index in [0.29, 0.717) is 47.9 Å². The van der Waals surface area contributed by atoms with Crippen molar-refractivity contribution >= 4 is 51.1 Å². The van der Waals surface area contributed by atoms with Crippen LogP contribution in [0.4, 0.5) is 16.2 Å². The minimum atomic E-state index is -0.488. The third-order valence-electron chi connectivity index (χ3n) is 8.74. The molecular weight excluding hydrogens is 543 g/mol. The number of aromatic nitrogens is 4. The molecule has 2 aliphatic rings. The highest BCUT2D eigenvalue weighted by Gasteiger charge is 2.42. The molecule has 2 fully saturated rings. The van der Waals surface area contributed by atoms with Crippen molar-refractivity contribution in [1.82, 2.24) is 30.0 Å². The van der Waals surface area contributed by atoms with Gasteiger partial charge in [0, 0.05) is 60.7 Å². The lowest BCUT2D eigenvalue weighted by molar-refractivity contribution is -0.126. The summed E-state index contributed by atoms with van der Waals surface area (Å²) < 4.78 is 16.8. The number of halogens is 2. The van der Waals surface area contributed by atoms with Crippen LogP contribution in [0.2, 0.25) is 5.02 Å². The smallest absolute Gasteiger partial charge is 0.246 e. The number of amides is 1. The van der Waals surface area contributed by atoms with Gasteiger partial charge in [0.25, 0.3) is 0 Å². The third-order valence-corrected chi connectivity index (χ3v) is 9.04. The van der Waals surface area contributed by atoms with Crippen LogP contribution in [0, 0.1) is 12.7 Å². The average Bonchev–Trinajstić information content (AvgIpc) is 3.40. The second-order valence-electron chi connectivity index (χ2n) is 11.7. The molecule has 0 aliphatic carbocycles. The van der Waals surface area contributed by atoms with Gasteiger partial charge in [-0.1, -0.05) is 24.2 Å². The highest BCUT2D eigenvalue weighted by atomic mass is 35.5. The van der Waals surface area contributed by atoms with Crippen LogP contribution in [0.3, 0.4) is 0 Å². The molecule has 9 nitrogen and oxygen atoms in total. The largest absolute Gasteiger partial charge is 0.350 e. The molecule has 4 heterocycles. The molecule has 4 aromatic rings. The maximum absolute atomic E-state index is 16.8. The van der Waals surface area contributed by atoms with Crippen molar-refractivity contribution in [3.05, 3.63) is 53.5 Å². The van der Waals surface area contributed by atoms with Crippen molar-refractivity contribution in [2.24, 2.45) is 0 Å². The summed E-state index contributed by atoms with van der Waals surface area (Å²) in [6.45, 7) is 12.8. The van der Waals surface area contributed by atoms with Crippen molar-refractivity contribution in [1.29, 1.82) is 0 Å². The number of likely N-dealkylation sites (N-methyl/N-ethyl adjacent to an activating group) is 1. The number of nitrogens with one attached hydrogen (secondary N) is 1. The van der Waals surface area contributed by atoms with Crippen molar-refractivity contribution in [3.63, 3.8) is 0 Å². The number of anilines is 2. The lowest BCUT2D eigenvalue weighted by Crippen LogP contribution is -2.67. The number of carbonyl (C=O) groups is 1. The Balaban J connectivity index is 1.53. The van der Waals surface area contributed by atoms with Gasteiger partial charge >= 0.3 is 0 Å². The van der Waals surface area contributed by atoms with Crippen LogP contribution in [0.15, 0.2) is 37.1 Å². The molecule has 6 rings (SSSR count). The molecule has 11 heteroatoms. The summed E-state index contributed by atoms with van der Waals surface area (Å²) >= 11 is 6.90. The minimum absolute atomic E-state index is 0.0276. The molecule has 41 heavy (non-hydrogen) atoms. The Morgan fingerprint density at radius 1 is 1.22 bits per heavy atom. The summed E-state index contributed by atoms with van der Waals surface area (Å²) in [6.07, 6.45) is 3.04. The van der Waals surface area contributed by atoms with E-state index >= 15 is 4.39 Å². The number of hydrogen-bond donors (Lipinski definition) is 1. The van der Waals surface area contributed by atoms with Gasteiger partial charge in [0.1, 0.15) is 11.3 Å². The van der Waals surface area contributed by atoms with Gasteiger partial charge in [0.15, 0.2) is 5.82 Å². The number of aryl methyl sites for hydroxylation is 1. The highest BCUT2D eigenvalue weighted by Crippen LogP contribution is 2.43. The maximum Gasteiger partial charge on any atom is 0.246 e. The highest BCUT2D eigenvalue weighted by molar-refractivity contribution is 6.35. The Kier molecular flexibility index (Phi) is 6.66. The number of benzene rings is 2. The van der Waals surface area contributed by atoms with Crippen molar-refractivity contribution in [3.8, 4) is 11.1 Å². The predicted octanol–water partition coefficient (Wildman–Crippen LogP) is 4.64. The van der Waals surface area contributed by atoms with E-state index in [1.54, 1.807) is 17.2 Å². The van der Waals surface area contributed by atoms with Gasteiger partial charge in [-0.05, 0) is 58.6 Å². The van der Waals surface area contributed by atoms with Gasteiger partial charge < -0.3 is 19.6 Å². The molecule has 2 aromatic heterocycles. The van der Waals surface area contributed by atoms with E-state index in [2.05, 4.69) is 52.5 Å². The second kappa shape index (κ2) is 9.95. The zero-order valence-electron chi connectivity index (χ0n) is 24.0. The van der Waals surface area contributed by atoms with Gasteiger partial charge in [0.05, 0.1) is 22.3 Å². The van der Waals surface area contributed by atoms with Gasteiger partial charge in [-0.25, -0.2) is 9.37 Å². The standard InChI is InChI=1S/C30H34ClFN8O/c1-7-23(41)38-10-11-40(18(3)14-38)28-19-12-21(31)25(24-17(2)8-9-22-20(24)13-33-36-22)26(32)27(19)34-29(35-28)39-15-30(4,16-39)37(5)6/h7-9,12-13,18H,1,10-11,14-16H2,2-6H3,(H,33,36)/t18-/m0/s1. The first-order valence-corrected chi connectivity index (χ1v) is 14.1. The lowest BCUT2D eigenvalue weighted by atomic mass is 9.91. The fraction of sp³-hybridized carbons (Fsp3) is 0.400. The molecule has 0 saturated carbocycles. The monoisotopic (exact) mass is 576 g/mol. The topological polar surface area (TPSA) is 84.5 Å². The summed E-state index contributed by atoms with van der Waals surface area (Å²) in [5, 5.41) is 8.76. The zero-order valence-corrected chi connectivity index (χ0v) is 24.8. The molecule has 2 saturated heterocycles. The third kappa shape index (κ3) is 4.40. The Bertz CT molecular complexity index is 1700. The van der Waals surface area contributed by atoms with Crippen LogP contribution in [-0.4, -0.2) is 94.3 Å². The van der Waals surface area contributed by atoms with Crippen LogP contribution in [-0.2, 0) is 4.79 Å². The number of H-pyrrole nitrogens is 1. The summed E-state index contributed by atoms with van der Waals surface area (Å²) in [4.78, 5) is 30.3. The quantitative estimate of drug-likeness (QED) is 0.347. The van der Waals surface area contributed by atoms with E-state index in [1.165, 1.54) is 6.08 Å². The van der Waals surface area contributed by atoms with E-state index in [4.69, 9.17) is 21.6 Å². The maximum atomic E-state index is 16.8. The van der Waals surface area contributed by atoms with Gasteiger partial charge in [-0.2, -0.15) is 10.1 Å². The lowest BCUT2D eigenvalue weighted by Gasteiger charge is -2.52. The Morgan fingerprint density at radius 2 is 1.98 bits per heavy atom. The van der Waals surface area contributed by atoms with Gasteiger partial charge in [0.2, 0.25) is 11.9 Å². The number of carbonyl (C=O) groups excluding carboxylic acids is 1. The Morgan fingerprint density at radius 3 is 2.66 bits per heavy atom. The number of piperazine rings is 1. The summed E-state index contributed by atoms with van der Waals surface area (Å²) in [5.41, 5.74) is 2.87. The van der Waals surface area contributed by atoms with Gasteiger partial charge in [-0.3, -0.25) is 9.89 Å². The molecule has 2 aromatic carbocycles. The van der Waals surface area contributed by atoms with Crippen molar-refractivity contribution in [2.75, 3.05) is 56.6 Å². The molecule has 0 unspecified atom stereocenters. The zero-order chi connectivity index (χ0) is 29.2. The molecule has 214 valence electrons. The molecule has 2 aliphatic heterocycles. The number of hydrogen-bond acceptors (Lipinski definition) is 7. The molecule has 1 amide bonds. The van der Waals surface area contributed by atoms with E-state index < -0.39 is 5.82 Å². The molecule has 0 bridgehead atoms. The summed E-state index contributed by atoms with van der Waals surface area (Å²) in [6, 6.07) is 5.57.